The van der Waals surface area contributed by atoms with Gasteiger partial charge in [-0.25, -0.2) is 0 Å². The van der Waals surface area contributed by atoms with Crippen molar-refractivity contribution >= 4 is 5.91 Å². The lowest BCUT2D eigenvalue weighted by atomic mass is 10.1. The minimum absolute atomic E-state index is 0.256. The van der Waals surface area contributed by atoms with Crippen LogP contribution in [-0.2, 0) is 9.53 Å². The first-order valence-corrected chi connectivity index (χ1v) is 6.83. The van der Waals surface area contributed by atoms with Gasteiger partial charge in [0, 0.05) is 25.6 Å². The van der Waals surface area contributed by atoms with Crippen LogP contribution in [0.25, 0.3) is 0 Å². The molecule has 2 fully saturated rings. The Morgan fingerprint density at radius 2 is 2.18 bits per heavy atom. The number of hydrogen-bond acceptors (Lipinski definition) is 3. The summed E-state index contributed by atoms with van der Waals surface area (Å²) in [4.78, 5) is 14.1. The zero-order chi connectivity index (χ0) is 12.1. The van der Waals surface area contributed by atoms with Crippen molar-refractivity contribution in [3.63, 3.8) is 0 Å². The lowest BCUT2D eigenvalue weighted by molar-refractivity contribution is -0.125. The van der Waals surface area contributed by atoms with E-state index in [0.29, 0.717) is 0 Å². The van der Waals surface area contributed by atoms with Gasteiger partial charge < -0.3 is 15.0 Å². The molecule has 0 radical (unpaired) electrons. The number of rotatable bonds is 4. The number of amides is 1. The summed E-state index contributed by atoms with van der Waals surface area (Å²) in [6.45, 7) is 3.58. The fraction of sp³-hybridized carbons (Fsp3) is 0.923. The average Bonchev–Trinajstić information content (AvgIpc) is 2.82. The van der Waals surface area contributed by atoms with E-state index in [4.69, 9.17) is 4.74 Å². The highest BCUT2D eigenvalue weighted by Gasteiger charge is 2.23. The third kappa shape index (κ3) is 3.96. The number of carbonyl (C=O) groups excluding carboxylic acids is 1. The topological polar surface area (TPSA) is 41.6 Å². The zero-order valence-corrected chi connectivity index (χ0v) is 10.8. The molecule has 0 bridgehead atoms. The van der Waals surface area contributed by atoms with Crippen LogP contribution in [0.5, 0.6) is 0 Å². The largest absolute Gasteiger partial charge is 0.375 e. The quantitative estimate of drug-likeness (QED) is 0.797. The molecule has 1 saturated heterocycles. The molecular weight excluding hydrogens is 216 g/mol. The first-order chi connectivity index (χ1) is 8.25. The molecule has 0 aromatic rings. The summed E-state index contributed by atoms with van der Waals surface area (Å²) in [5.74, 6) is 0.539. The highest BCUT2D eigenvalue weighted by molar-refractivity contribution is 5.78. The van der Waals surface area contributed by atoms with Crippen LogP contribution in [0.3, 0.4) is 0 Å². The number of ether oxygens (including phenoxy) is 1. The van der Waals surface area contributed by atoms with E-state index >= 15 is 0 Å². The fourth-order valence-electron chi connectivity index (χ4n) is 2.73. The van der Waals surface area contributed by atoms with Crippen LogP contribution in [0.15, 0.2) is 0 Å². The van der Waals surface area contributed by atoms with Gasteiger partial charge in [0.2, 0.25) is 5.91 Å². The molecular formula is C13H24N2O2. The first kappa shape index (κ1) is 12.8. The number of carbonyl (C=O) groups is 1. The van der Waals surface area contributed by atoms with Gasteiger partial charge in [0.05, 0.1) is 12.7 Å². The Balaban J connectivity index is 1.60. The number of nitrogens with one attached hydrogen (secondary N) is 1. The van der Waals surface area contributed by atoms with E-state index in [1.807, 2.05) is 0 Å². The normalized spacial score (nSPS) is 27.2. The van der Waals surface area contributed by atoms with Crippen molar-refractivity contribution in [1.29, 1.82) is 0 Å². The van der Waals surface area contributed by atoms with E-state index in [0.717, 1.165) is 45.5 Å². The fourth-order valence-corrected chi connectivity index (χ4v) is 2.73. The molecule has 4 nitrogen and oxygen atoms in total. The Hall–Kier alpha value is -0.610. The van der Waals surface area contributed by atoms with Crippen molar-refractivity contribution in [2.24, 2.45) is 5.92 Å². The van der Waals surface area contributed by atoms with Gasteiger partial charge in [-0.2, -0.15) is 0 Å². The minimum Gasteiger partial charge on any atom is -0.375 e. The van der Waals surface area contributed by atoms with Gasteiger partial charge in [0.15, 0.2) is 0 Å². The Morgan fingerprint density at radius 1 is 1.41 bits per heavy atom. The van der Waals surface area contributed by atoms with Crippen molar-refractivity contribution < 1.29 is 9.53 Å². The van der Waals surface area contributed by atoms with E-state index in [-0.39, 0.29) is 17.9 Å². The van der Waals surface area contributed by atoms with Crippen LogP contribution in [0.2, 0.25) is 0 Å². The third-order valence-corrected chi connectivity index (χ3v) is 3.83. The molecule has 0 aromatic heterocycles. The minimum atomic E-state index is 0.256. The molecule has 17 heavy (non-hydrogen) atoms. The number of nitrogens with zero attached hydrogens (tertiary/aromatic N) is 1. The predicted molar refractivity (Wildman–Crippen MR) is 66.8 cm³/mol. The van der Waals surface area contributed by atoms with Crippen LogP contribution >= 0.6 is 0 Å². The summed E-state index contributed by atoms with van der Waals surface area (Å²) in [5, 5.41) is 3.05. The van der Waals surface area contributed by atoms with Gasteiger partial charge in [-0.1, -0.05) is 12.8 Å². The van der Waals surface area contributed by atoms with Gasteiger partial charge in [-0.15, -0.1) is 0 Å². The molecule has 1 saturated carbocycles. The predicted octanol–water partition coefficient (Wildman–Crippen LogP) is 1.01. The monoisotopic (exact) mass is 240 g/mol. The van der Waals surface area contributed by atoms with Crippen molar-refractivity contribution in [3.8, 4) is 0 Å². The Bertz CT molecular complexity index is 252. The lowest BCUT2D eigenvalue weighted by Crippen LogP contribution is -2.42. The van der Waals surface area contributed by atoms with Crippen LogP contribution in [0.4, 0.5) is 0 Å². The molecule has 1 unspecified atom stereocenters. The van der Waals surface area contributed by atoms with Gasteiger partial charge in [0.1, 0.15) is 0 Å². The molecule has 2 aliphatic rings. The van der Waals surface area contributed by atoms with E-state index in [1.54, 1.807) is 0 Å². The molecule has 1 atom stereocenters. The lowest BCUT2D eigenvalue weighted by Gasteiger charge is -2.30. The molecule has 98 valence electrons. The Labute approximate surface area is 104 Å². The summed E-state index contributed by atoms with van der Waals surface area (Å²) >= 11 is 0. The number of likely N-dealkylation sites (N-methyl/N-ethyl adjacent to an activating group) is 1. The van der Waals surface area contributed by atoms with E-state index in [9.17, 15) is 4.79 Å². The second kappa shape index (κ2) is 6.36. The molecule has 2 rings (SSSR count). The molecule has 1 N–H and O–H groups in total. The summed E-state index contributed by atoms with van der Waals surface area (Å²) in [7, 11) is 2.12. The summed E-state index contributed by atoms with van der Waals surface area (Å²) in [6.07, 6.45) is 5.81. The smallest absolute Gasteiger partial charge is 0.223 e. The highest BCUT2D eigenvalue weighted by Crippen LogP contribution is 2.24. The van der Waals surface area contributed by atoms with Crippen molar-refractivity contribution in [2.75, 3.05) is 33.3 Å². The second-order valence-corrected chi connectivity index (χ2v) is 5.32. The van der Waals surface area contributed by atoms with Gasteiger partial charge in [-0.3, -0.25) is 4.79 Å². The van der Waals surface area contributed by atoms with E-state index in [1.165, 1.54) is 12.8 Å². The SMILES string of the molecule is CN1CCOC(CCNC(=O)C2CCCC2)C1. The summed E-state index contributed by atoms with van der Waals surface area (Å²) in [6, 6.07) is 0. The molecule has 1 heterocycles. The second-order valence-electron chi connectivity index (χ2n) is 5.32. The third-order valence-electron chi connectivity index (χ3n) is 3.83. The van der Waals surface area contributed by atoms with Crippen LogP contribution < -0.4 is 5.32 Å². The van der Waals surface area contributed by atoms with E-state index in [2.05, 4.69) is 17.3 Å². The highest BCUT2D eigenvalue weighted by atomic mass is 16.5. The molecule has 1 amide bonds. The average molecular weight is 240 g/mol. The van der Waals surface area contributed by atoms with Crippen molar-refractivity contribution in [1.82, 2.24) is 10.2 Å². The number of morpholine rings is 1. The first-order valence-electron chi connectivity index (χ1n) is 6.83. The molecule has 0 aromatic carbocycles. The van der Waals surface area contributed by atoms with Gasteiger partial charge in [-0.05, 0) is 26.3 Å². The van der Waals surface area contributed by atoms with Gasteiger partial charge in [0.25, 0.3) is 0 Å². The number of hydrogen-bond donors (Lipinski definition) is 1. The van der Waals surface area contributed by atoms with Crippen molar-refractivity contribution in [3.05, 3.63) is 0 Å². The molecule has 1 aliphatic carbocycles. The summed E-state index contributed by atoms with van der Waals surface area (Å²) in [5.41, 5.74) is 0. The Morgan fingerprint density at radius 3 is 2.88 bits per heavy atom. The van der Waals surface area contributed by atoms with Gasteiger partial charge >= 0.3 is 0 Å². The van der Waals surface area contributed by atoms with E-state index < -0.39 is 0 Å². The molecule has 0 spiro atoms. The molecule has 1 aliphatic heterocycles. The maximum absolute atomic E-state index is 11.8. The van der Waals surface area contributed by atoms with Crippen LogP contribution in [0, 0.1) is 5.92 Å². The maximum atomic E-state index is 11.8. The maximum Gasteiger partial charge on any atom is 0.223 e. The van der Waals surface area contributed by atoms with Crippen LogP contribution in [-0.4, -0.2) is 50.2 Å². The van der Waals surface area contributed by atoms with Crippen molar-refractivity contribution in [2.45, 2.75) is 38.2 Å². The zero-order valence-electron chi connectivity index (χ0n) is 10.8. The standard InChI is InChI=1S/C13H24N2O2/c1-15-8-9-17-12(10-15)6-7-14-13(16)11-4-2-3-5-11/h11-12H,2-10H2,1H3,(H,14,16). The summed E-state index contributed by atoms with van der Waals surface area (Å²) < 4.78 is 5.66. The molecule has 4 heteroatoms. The van der Waals surface area contributed by atoms with Crippen LogP contribution in [0.1, 0.15) is 32.1 Å². The Kier molecular flexibility index (Phi) is 4.80.